The van der Waals surface area contributed by atoms with E-state index in [4.69, 9.17) is 5.73 Å². The molecular weight excluding hydrogens is 206 g/mol. The molecule has 0 aromatic heterocycles. The summed E-state index contributed by atoms with van der Waals surface area (Å²) in [6.45, 7) is 4.49. The number of aryl methyl sites for hydroxylation is 1. The number of rotatable bonds is 4. The van der Waals surface area contributed by atoms with Gasteiger partial charge in [0.15, 0.2) is 0 Å². The molecule has 2 N–H and O–H groups in total. The van der Waals surface area contributed by atoms with Crippen LogP contribution in [-0.2, 0) is 6.42 Å². The van der Waals surface area contributed by atoms with Gasteiger partial charge < -0.3 is 5.73 Å². The molecule has 3 unspecified atom stereocenters. The van der Waals surface area contributed by atoms with Gasteiger partial charge in [0, 0.05) is 6.04 Å². The number of hydrogen-bond donors (Lipinski definition) is 1. The fourth-order valence-electron chi connectivity index (χ4n) is 3.13. The normalized spacial score (nSPS) is 26.1. The van der Waals surface area contributed by atoms with Crippen LogP contribution in [0, 0.1) is 18.8 Å². The Labute approximate surface area is 105 Å². The van der Waals surface area contributed by atoms with Gasteiger partial charge in [0.25, 0.3) is 0 Å². The molecule has 0 aliphatic heterocycles. The van der Waals surface area contributed by atoms with E-state index in [1.165, 1.54) is 36.8 Å². The van der Waals surface area contributed by atoms with Gasteiger partial charge in [-0.3, -0.25) is 0 Å². The van der Waals surface area contributed by atoms with Crippen LogP contribution in [-0.4, -0.2) is 6.04 Å². The highest BCUT2D eigenvalue weighted by molar-refractivity contribution is 5.26. The summed E-state index contributed by atoms with van der Waals surface area (Å²) in [5.74, 6) is 1.68. The molecule has 17 heavy (non-hydrogen) atoms. The zero-order chi connectivity index (χ0) is 12.3. The first-order valence-corrected chi connectivity index (χ1v) is 7.00. The van der Waals surface area contributed by atoms with Crippen molar-refractivity contribution >= 4 is 0 Å². The highest BCUT2D eigenvalue weighted by Crippen LogP contribution is 2.35. The first-order chi connectivity index (χ1) is 8.20. The molecule has 1 saturated carbocycles. The standard InChI is InChI=1S/C16H25N/c1-3-13-8-9-15(10-13)16(17)11-14-7-5-4-6-12(14)2/h4-7,13,15-16H,3,8-11,17H2,1-2H3. The van der Waals surface area contributed by atoms with Crippen LogP contribution in [0.1, 0.15) is 43.7 Å². The Morgan fingerprint density at radius 1 is 1.29 bits per heavy atom. The van der Waals surface area contributed by atoms with E-state index < -0.39 is 0 Å². The van der Waals surface area contributed by atoms with Crippen LogP contribution in [0.4, 0.5) is 0 Å². The van der Waals surface area contributed by atoms with Gasteiger partial charge in [0.1, 0.15) is 0 Å². The molecule has 1 aliphatic rings. The molecule has 0 saturated heterocycles. The largest absolute Gasteiger partial charge is 0.327 e. The van der Waals surface area contributed by atoms with Crippen molar-refractivity contribution in [3.8, 4) is 0 Å². The van der Waals surface area contributed by atoms with Crippen molar-refractivity contribution in [2.45, 2.75) is 52.0 Å². The van der Waals surface area contributed by atoms with E-state index in [0.717, 1.165) is 18.3 Å². The molecule has 0 bridgehead atoms. The Morgan fingerprint density at radius 3 is 2.71 bits per heavy atom. The average molecular weight is 231 g/mol. The lowest BCUT2D eigenvalue weighted by atomic mass is 9.90. The summed E-state index contributed by atoms with van der Waals surface area (Å²) in [4.78, 5) is 0. The maximum atomic E-state index is 6.40. The Hall–Kier alpha value is -0.820. The predicted molar refractivity (Wildman–Crippen MR) is 74.0 cm³/mol. The molecule has 94 valence electrons. The van der Waals surface area contributed by atoms with Crippen molar-refractivity contribution in [1.29, 1.82) is 0 Å². The Balaban J connectivity index is 1.94. The van der Waals surface area contributed by atoms with E-state index in [1.54, 1.807) is 0 Å². The van der Waals surface area contributed by atoms with E-state index in [-0.39, 0.29) is 0 Å². The first-order valence-electron chi connectivity index (χ1n) is 7.00. The summed E-state index contributed by atoms with van der Waals surface area (Å²) in [5, 5.41) is 0. The molecule has 1 heteroatoms. The van der Waals surface area contributed by atoms with Gasteiger partial charge >= 0.3 is 0 Å². The lowest BCUT2D eigenvalue weighted by molar-refractivity contribution is 0.404. The third-order valence-electron chi connectivity index (χ3n) is 4.48. The minimum Gasteiger partial charge on any atom is -0.327 e. The first kappa shape index (κ1) is 12.6. The van der Waals surface area contributed by atoms with Crippen LogP contribution in [0.5, 0.6) is 0 Å². The summed E-state index contributed by atoms with van der Waals surface area (Å²) in [5.41, 5.74) is 9.21. The minimum atomic E-state index is 0.354. The average Bonchev–Trinajstić information content (AvgIpc) is 2.81. The van der Waals surface area contributed by atoms with Crippen molar-refractivity contribution in [2.75, 3.05) is 0 Å². The summed E-state index contributed by atoms with van der Waals surface area (Å²) in [6.07, 6.45) is 6.46. The smallest absolute Gasteiger partial charge is 0.0108 e. The van der Waals surface area contributed by atoms with Gasteiger partial charge in [-0.2, -0.15) is 0 Å². The van der Waals surface area contributed by atoms with Gasteiger partial charge in [-0.1, -0.05) is 44.0 Å². The predicted octanol–water partition coefficient (Wildman–Crippen LogP) is 3.69. The lowest BCUT2D eigenvalue weighted by Gasteiger charge is -2.20. The maximum absolute atomic E-state index is 6.40. The molecule has 1 fully saturated rings. The zero-order valence-electron chi connectivity index (χ0n) is 11.2. The van der Waals surface area contributed by atoms with Crippen LogP contribution in [0.25, 0.3) is 0 Å². The van der Waals surface area contributed by atoms with Gasteiger partial charge in [-0.05, 0) is 49.1 Å². The highest BCUT2D eigenvalue weighted by atomic mass is 14.7. The number of benzene rings is 1. The fourth-order valence-corrected chi connectivity index (χ4v) is 3.13. The Kier molecular flexibility index (Phi) is 4.22. The van der Waals surface area contributed by atoms with Gasteiger partial charge in [-0.15, -0.1) is 0 Å². The molecular formula is C16H25N. The van der Waals surface area contributed by atoms with Crippen LogP contribution in [0.15, 0.2) is 24.3 Å². The molecule has 2 rings (SSSR count). The minimum absolute atomic E-state index is 0.354. The Morgan fingerprint density at radius 2 is 2.06 bits per heavy atom. The van der Waals surface area contributed by atoms with Crippen molar-refractivity contribution < 1.29 is 0 Å². The molecule has 1 aromatic carbocycles. The van der Waals surface area contributed by atoms with Crippen molar-refractivity contribution in [3.05, 3.63) is 35.4 Å². The second-order valence-corrected chi connectivity index (χ2v) is 5.64. The third-order valence-corrected chi connectivity index (χ3v) is 4.48. The molecule has 3 atom stereocenters. The van der Waals surface area contributed by atoms with Crippen LogP contribution in [0.3, 0.4) is 0 Å². The SMILES string of the molecule is CCC1CCC(C(N)Cc2ccccc2C)C1. The number of hydrogen-bond acceptors (Lipinski definition) is 1. The highest BCUT2D eigenvalue weighted by Gasteiger charge is 2.28. The zero-order valence-corrected chi connectivity index (χ0v) is 11.2. The van der Waals surface area contributed by atoms with E-state index >= 15 is 0 Å². The molecule has 1 nitrogen and oxygen atoms in total. The quantitative estimate of drug-likeness (QED) is 0.840. The Bertz CT molecular complexity index is 358. The van der Waals surface area contributed by atoms with Gasteiger partial charge in [-0.25, -0.2) is 0 Å². The third kappa shape index (κ3) is 3.10. The molecule has 1 aromatic rings. The van der Waals surface area contributed by atoms with Gasteiger partial charge in [0.05, 0.1) is 0 Å². The van der Waals surface area contributed by atoms with Crippen LogP contribution in [0.2, 0.25) is 0 Å². The molecule has 1 aliphatic carbocycles. The summed E-state index contributed by atoms with van der Waals surface area (Å²) >= 11 is 0. The monoisotopic (exact) mass is 231 g/mol. The second-order valence-electron chi connectivity index (χ2n) is 5.64. The van der Waals surface area contributed by atoms with E-state index in [9.17, 15) is 0 Å². The molecule has 0 radical (unpaired) electrons. The van der Waals surface area contributed by atoms with E-state index in [2.05, 4.69) is 38.1 Å². The van der Waals surface area contributed by atoms with Crippen molar-refractivity contribution in [2.24, 2.45) is 17.6 Å². The summed E-state index contributed by atoms with van der Waals surface area (Å²) in [7, 11) is 0. The molecule has 0 spiro atoms. The van der Waals surface area contributed by atoms with E-state index in [0.29, 0.717) is 6.04 Å². The summed E-state index contributed by atoms with van der Waals surface area (Å²) < 4.78 is 0. The molecule has 0 heterocycles. The molecule has 0 amide bonds. The lowest BCUT2D eigenvalue weighted by Crippen LogP contribution is -2.31. The maximum Gasteiger partial charge on any atom is 0.0108 e. The second kappa shape index (κ2) is 5.68. The summed E-state index contributed by atoms with van der Waals surface area (Å²) in [6, 6.07) is 8.99. The van der Waals surface area contributed by atoms with Crippen LogP contribution >= 0.6 is 0 Å². The topological polar surface area (TPSA) is 26.0 Å². The number of nitrogens with two attached hydrogens (primary N) is 1. The van der Waals surface area contributed by atoms with Gasteiger partial charge in [0.2, 0.25) is 0 Å². The van der Waals surface area contributed by atoms with E-state index in [1.807, 2.05) is 0 Å². The van der Waals surface area contributed by atoms with Crippen LogP contribution < -0.4 is 5.73 Å². The van der Waals surface area contributed by atoms with Crippen molar-refractivity contribution in [3.63, 3.8) is 0 Å². The van der Waals surface area contributed by atoms with Crippen molar-refractivity contribution in [1.82, 2.24) is 0 Å². The fraction of sp³-hybridized carbons (Fsp3) is 0.625.